The highest BCUT2D eigenvalue weighted by molar-refractivity contribution is 7.96. The maximum atomic E-state index is 12.4. The molecular formula is C20H29N2O4S-. The van der Waals surface area contributed by atoms with Crippen LogP contribution in [-0.2, 0) is 6.42 Å². The lowest BCUT2D eigenvalue weighted by molar-refractivity contribution is -0.223. The van der Waals surface area contributed by atoms with Crippen LogP contribution in [0.5, 0.6) is 11.5 Å². The van der Waals surface area contributed by atoms with E-state index in [0.717, 1.165) is 49.8 Å². The number of carbonyl (C=O) groups excluding carboxylic acids is 1. The zero-order valence-corrected chi connectivity index (χ0v) is 17.6. The lowest BCUT2D eigenvalue weighted by Crippen LogP contribution is -2.28. The van der Waals surface area contributed by atoms with E-state index in [1.54, 1.807) is 6.07 Å². The van der Waals surface area contributed by atoms with Gasteiger partial charge in [0.05, 0.1) is 12.1 Å². The van der Waals surface area contributed by atoms with E-state index >= 15 is 0 Å². The molecule has 150 valence electrons. The first-order valence-electron chi connectivity index (χ1n) is 9.45. The summed E-state index contributed by atoms with van der Waals surface area (Å²) in [5.74, 6) is 0.722. The van der Waals surface area contributed by atoms with Crippen LogP contribution >= 0.6 is 12.1 Å². The molecule has 6 nitrogen and oxygen atoms in total. The van der Waals surface area contributed by atoms with Crippen molar-refractivity contribution in [3.63, 3.8) is 0 Å². The van der Waals surface area contributed by atoms with Crippen molar-refractivity contribution in [1.82, 2.24) is 4.31 Å². The molecule has 1 heterocycles. The number of para-hydroxylation sites is 1. The molecule has 1 amide bonds. The van der Waals surface area contributed by atoms with Crippen LogP contribution in [0.1, 0.15) is 58.9 Å². The predicted octanol–water partition coefficient (Wildman–Crippen LogP) is 4.37. The van der Waals surface area contributed by atoms with Gasteiger partial charge in [0.25, 0.3) is 0 Å². The fourth-order valence-corrected chi connectivity index (χ4v) is 3.44. The summed E-state index contributed by atoms with van der Waals surface area (Å²) in [5, 5.41) is 12.2. The lowest BCUT2D eigenvalue weighted by Gasteiger charge is -2.22. The normalized spacial score (nSPS) is 16.4. The monoisotopic (exact) mass is 393 g/mol. The van der Waals surface area contributed by atoms with E-state index in [4.69, 9.17) is 9.47 Å². The van der Waals surface area contributed by atoms with Crippen molar-refractivity contribution in [2.24, 2.45) is 10.3 Å². The van der Waals surface area contributed by atoms with Crippen LogP contribution in [0.25, 0.3) is 0 Å². The largest absolute Gasteiger partial charge is 0.861 e. The van der Waals surface area contributed by atoms with Crippen LogP contribution in [0.2, 0.25) is 0 Å². The molecule has 0 saturated carbocycles. The Morgan fingerprint density at radius 3 is 2.85 bits per heavy atom. The van der Waals surface area contributed by atoms with Gasteiger partial charge in [0.1, 0.15) is 5.60 Å². The zero-order valence-electron chi connectivity index (χ0n) is 16.8. The van der Waals surface area contributed by atoms with Crippen LogP contribution in [0.4, 0.5) is 4.79 Å². The first kappa shape index (κ1) is 21.4. The van der Waals surface area contributed by atoms with Gasteiger partial charge in [0.2, 0.25) is 0 Å². The summed E-state index contributed by atoms with van der Waals surface area (Å²) in [6.07, 6.45) is 3.78. The van der Waals surface area contributed by atoms with Crippen molar-refractivity contribution in [3.8, 4) is 11.5 Å². The molecule has 1 aliphatic heterocycles. The summed E-state index contributed by atoms with van der Waals surface area (Å²) < 4.78 is 16.6. The topological polar surface area (TPSA) is 74.2 Å². The Hall–Kier alpha value is -1.89. The first-order valence-corrected chi connectivity index (χ1v) is 10.2. The molecule has 2 rings (SSSR count). The summed E-state index contributed by atoms with van der Waals surface area (Å²) in [7, 11) is 1.53. The highest BCUT2D eigenvalue weighted by Crippen LogP contribution is 2.42. The molecule has 0 saturated heterocycles. The number of hydrogen-bond donors (Lipinski definition) is 0. The molecule has 1 atom stereocenters. The fourth-order valence-electron chi connectivity index (χ4n) is 2.99. The van der Waals surface area contributed by atoms with Gasteiger partial charge in [0, 0.05) is 19.0 Å². The van der Waals surface area contributed by atoms with E-state index in [1.807, 2.05) is 32.9 Å². The maximum absolute atomic E-state index is 12.4. The molecule has 1 aromatic rings. The fraction of sp³-hybridized carbons (Fsp3) is 0.600. The number of ether oxygens (including phenoxy) is 2. The molecule has 0 aliphatic carbocycles. The van der Waals surface area contributed by atoms with E-state index in [0.29, 0.717) is 11.5 Å². The minimum atomic E-state index is -0.597. The molecule has 0 aromatic heterocycles. The van der Waals surface area contributed by atoms with Crippen LogP contribution in [0.15, 0.2) is 22.6 Å². The smallest absolute Gasteiger partial charge is 0.426 e. The quantitative estimate of drug-likeness (QED) is 0.372. The van der Waals surface area contributed by atoms with Gasteiger partial charge < -0.3 is 14.6 Å². The van der Waals surface area contributed by atoms with E-state index in [9.17, 15) is 9.90 Å². The van der Waals surface area contributed by atoms with E-state index in [-0.39, 0.29) is 17.4 Å². The molecule has 0 fully saturated rings. The number of fused-ring (bicyclic) bond motifs is 1. The summed E-state index contributed by atoms with van der Waals surface area (Å²) in [6, 6.07) is 5.51. The van der Waals surface area contributed by atoms with Gasteiger partial charge in [-0.2, -0.15) is 0 Å². The average Bonchev–Trinajstić information content (AvgIpc) is 2.95. The Morgan fingerprint density at radius 2 is 2.19 bits per heavy atom. The number of benzene rings is 1. The highest BCUT2D eigenvalue weighted by atomic mass is 32.2. The van der Waals surface area contributed by atoms with Gasteiger partial charge in [-0.15, -0.1) is 0 Å². The molecule has 0 spiro atoms. The van der Waals surface area contributed by atoms with E-state index in [1.165, 1.54) is 11.4 Å². The van der Waals surface area contributed by atoms with Crippen molar-refractivity contribution in [3.05, 3.63) is 23.8 Å². The number of nitrogens with zero attached hydrogens (tertiary/aromatic N) is 2. The second-order valence-corrected chi connectivity index (χ2v) is 8.30. The predicted molar refractivity (Wildman–Crippen MR) is 107 cm³/mol. The van der Waals surface area contributed by atoms with Crippen molar-refractivity contribution < 1.29 is 19.4 Å². The lowest BCUT2D eigenvalue weighted by atomic mass is 9.99. The summed E-state index contributed by atoms with van der Waals surface area (Å²) in [4.78, 5) is 12.4. The Labute approximate surface area is 166 Å². The Bertz CT molecular complexity index is 691. The van der Waals surface area contributed by atoms with Gasteiger partial charge in [-0.25, -0.2) is 13.5 Å². The van der Waals surface area contributed by atoms with Gasteiger partial charge in [-0.1, -0.05) is 38.8 Å². The third-order valence-electron chi connectivity index (χ3n) is 4.51. The van der Waals surface area contributed by atoms with Crippen molar-refractivity contribution in [2.75, 3.05) is 7.05 Å². The zero-order chi connectivity index (χ0) is 20.0. The Kier molecular flexibility index (Phi) is 7.41. The third kappa shape index (κ3) is 5.79. The standard InChI is InChI=1S/C20H30N2O4S/c1-6-8-10-14(7-2)18(23)21-27-22(5)19(24)25-16-12-9-11-15-13-20(3,4)26-17(15)16/h9,11-12,14H,6-8,10,13H2,1-5H3,(H,21,23)/p-1. The number of rotatable bonds is 8. The van der Waals surface area contributed by atoms with Crippen molar-refractivity contribution >= 4 is 24.1 Å². The first-order chi connectivity index (χ1) is 12.8. The highest BCUT2D eigenvalue weighted by Gasteiger charge is 2.33. The summed E-state index contributed by atoms with van der Waals surface area (Å²) in [5.41, 5.74) is 0.697. The molecule has 1 unspecified atom stereocenters. The second-order valence-electron chi connectivity index (χ2n) is 7.41. The van der Waals surface area contributed by atoms with Gasteiger partial charge in [0.15, 0.2) is 11.5 Å². The van der Waals surface area contributed by atoms with E-state index < -0.39 is 6.09 Å². The van der Waals surface area contributed by atoms with Crippen LogP contribution < -0.4 is 14.6 Å². The Morgan fingerprint density at radius 1 is 1.44 bits per heavy atom. The van der Waals surface area contributed by atoms with Crippen molar-refractivity contribution in [1.29, 1.82) is 0 Å². The minimum absolute atomic E-state index is 0.0881. The molecule has 0 N–H and O–H groups in total. The summed E-state index contributed by atoms with van der Waals surface area (Å²) >= 11 is 0.816. The molecule has 0 bridgehead atoms. The molecule has 27 heavy (non-hydrogen) atoms. The minimum Gasteiger partial charge on any atom is -0.861 e. The van der Waals surface area contributed by atoms with Gasteiger partial charge in [-0.05, 0) is 44.6 Å². The molecule has 1 aromatic carbocycles. The Balaban J connectivity index is 1.97. The van der Waals surface area contributed by atoms with Gasteiger partial charge in [-0.3, -0.25) is 0 Å². The maximum Gasteiger partial charge on any atom is 0.426 e. The van der Waals surface area contributed by atoms with Crippen LogP contribution in [0, 0.1) is 5.92 Å². The average molecular weight is 394 g/mol. The molecule has 7 heteroatoms. The van der Waals surface area contributed by atoms with E-state index in [2.05, 4.69) is 11.3 Å². The SMILES string of the molecule is CCCCC(CC)/C([O-])=N/SN(C)C(=O)Oc1cccc2c1OC(C)(C)C2. The number of carbonyl (C=O) groups is 1. The van der Waals surface area contributed by atoms with Crippen LogP contribution in [-0.4, -0.2) is 28.9 Å². The van der Waals surface area contributed by atoms with Gasteiger partial charge >= 0.3 is 6.09 Å². The number of unbranched alkanes of at least 4 members (excludes halogenated alkanes) is 1. The van der Waals surface area contributed by atoms with Crippen LogP contribution in [0.3, 0.4) is 0 Å². The molecule has 1 aliphatic rings. The molecular weight excluding hydrogens is 364 g/mol. The van der Waals surface area contributed by atoms with Crippen molar-refractivity contribution in [2.45, 2.75) is 65.4 Å². The number of amides is 1. The summed E-state index contributed by atoms with van der Waals surface area (Å²) in [6.45, 7) is 8.06. The third-order valence-corrected chi connectivity index (χ3v) is 5.17. The molecule has 0 radical (unpaired) electrons. The number of hydrogen-bond acceptors (Lipinski definition) is 6. The second kappa shape index (κ2) is 9.35.